The van der Waals surface area contributed by atoms with Crippen LogP contribution in [0.4, 0.5) is 4.39 Å². The summed E-state index contributed by atoms with van der Waals surface area (Å²) in [6.45, 7) is 10.9. The van der Waals surface area contributed by atoms with Gasteiger partial charge in [-0.15, -0.1) is 0 Å². The first-order chi connectivity index (χ1) is 11.6. The molecule has 4 nitrogen and oxygen atoms in total. The maximum atomic E-state index is 15.0. The van der Waals surface area contributed by atoms with E-state index in [9.17, 15) is 4.79 Å². The normalized spacial score (nSPS) is 22.3. The lowest BCUT2D eigenvalue weighted by atomic mass is 9.77. The molecule has 2 fully saturated rings. The van der Waals surface area contributed by atoms with E-state index >= 15 is 4.39 Å². The van der Waals surface area contributed by atoms with Gasteiger partial charge in [-0.05, 0) is 65.5 Å². The first-order valence-electron chi connectivity index (χ1n) is 9.08. The highest BCUT2D eigenvalue weighted by atomic mass is 19.1. The molecular formula is C19H27BFNO3. The van der Waals surface area contributed by atoms with Crippen LogP contribution in [0.25, 0.3) is 0 Å². The van der Waals surface area contributed by atoms with Gasteiger partial charge < -0.3 is 14.2 Å². The molecule has 6 heteroatoms. The fraction of sp³-hybridized carbons (Fsp3) is 0.632. The summed E-state index contributed by atoms with van der Waals surface area (Å²) < 4.78 is 26.9. The summed E-state index contributed by atoms with van der Waals surface area (Å²) >= 11 is 0. The highest BCUT2D eigenvalue weighted by Crippen LogP contribution is 2.36. The SMILES string of the molecule is Cc1c(C(=O)N2CCCCC2)ccc(B2OC(C)(C)C(C)(C)O2)c1F. The number of rotatable bonds is 2. The molecule has 0 radical (unpaired) electrons. The van der Waals surface area contributed by atoms with Crippen LogP contribution < -0.4 is 5.46 Å². The summed E-state index contributed by atoms with van der Waals surface area (Å²) in [5.74, 6) is -0.502. The van der Waals surface area contributed by atoms with E-state index in [0.29, 0.717) is 16.6 Å². The number of carbonyl (C=O) groups is 1. The first-order valence-corrected chi connectivity index (χ1v) is 9.08. The Morgan fingerprint density at radius 3 is 2.20 bits per heavy atom. The van der Waals surface area contributed by atoms with Crippen LogP contribution in [-0.2, 0) is 9.31 Å². The molecule has 2 saturated heterocycles. The van der Waals surface area contributed by atoms with E-state index in [2.05, 4.69) is 0 Å². The first kappa shape index (κ1) is 18.4. The molecule has 0 saturated carbocycles. The third-order valence-corrected chi connectivity index (χ3v) is 5.80. The van der Waals surface area contributed by atoms with Gasteiger partial charge in [-0.1, -0.05) is 6.07 Å². The highest BCUT2D eigenvalue weighted by molar-refractivity contribution is 6.62. The molecule has 0 aromatic heterocycles. The molecule has 0 atom stereocenters. The van der Waals surface area contributed by atoms with Crippen LogP contribution in [0.2, 0.25) is 0 Å². The van der Waals surface area contributed by atoms with Crippen LogP contribution in [-0.4, -0.2) is 42.2 Å². The lowest BCUT2D eigenvalue weighted by Crippen LogP contribution is -2.41. The predicted octanol–water partition coefficient (Wildman–Crippen LogP) is 3.06. The second kappa shape index (κ2) is 6.40. The quantitative estimate of drug-likeness (QED) is 0.772. The second-order valence-corrected chi connectivity index (χ2v) is 8.08. The van der Waals surface area contributed by atoms with Crippen LogP contribution in [0, 0.1) is 12.7 Å². The van der Waals surface area contributed by atoms with Crippen molar-refractivity contribution in [1.82, 2.24) is 4.90 Å². The van der Waals surface area contributed by atoms with Crippen LogP contribution in [0.5, 0.6) is 0 Å². The maximum absolute atomic E-state index is 15.0. The average Bonchev–Trinajstić information content (AvgIpc) is 2.78. The van der Waals surface area contributed by atoms with Crippen molar-refractivity contribution in [2.24, 2.45) is 0 Å². The van der Waals surface area contributed by atoms with Gasteiger partial charge in [0.1, 0.15) is 5.82 Å². The number of benzene rings is 1. The van der Waals surface area contributed by atoms with Crippen molar-refractivity contribution in [3.8, 4) is 0 Å². The molecule has 1 aromatic carbocycles. The van der Waals surface area contributed by atoms with Gasteiger partial charge in [-0.3, -0.25) is 4.79 Å². The van der Waals surface area contributed by atoms with Gasteiger partial charge in [0, 0.05) is 24.1 Å². The number of piperidine rings is 1. The Bertz CT molecular complexity index is 667. The van der Waals surface area contributed by atoms with Crippen LogP contribution in [0.3, 0.4) is 0 Å². The molecule has 2 aliphatic rings. The molecule has 2 heterocycles. The summed E-state index contributed by atoms with van der Waals surface area (Å²) in [5.41, 5.74) is 0.0921. The number of halogens is 1. The molecule has 1 amide bonds. The van der Waals surface area contributed by atoms with Crippen molar-refractivity contribution in [3.05, 3.63) is 29.1 Å². The summed E-state index contributed by atoms with van der Waals surface area (Å²) in [4.78, 5) is 14.5. The van der Waals surface area contributed by atoms with Crippen LogP contribution >= 0.6 is 0 Å². The van der Waals surface area contributed by atoms with Gasteiger partial charge >= 0.3 is 7.12 Å². The zero-order valence-corrected chi connectivity index (χ0v) is 15.8. The van der Waals surface area contributed by atoms with E-state index in [4.69, 9.17) is 9.31 Å². The van der Waals surface area contributed by atoms with Crippen LogP contribution in [0.15, 0.2) is 12.1 Å². The minimum absolute atomic E-state index is 0.0865. The highest BCUT2D eigenvalue weighted by Gasteiger charge is 2.52. The van der Waals surface area contributed by atoms with Crippen LogP contribution in [0.1, 0.15) is 62.9 Å². The van der Waals surface area contributed by atoms with E-state index in [1.165, 1.54) is 0 Å². The molecule has 25 heavy (non-hydrogen) atoms. The van der Waals surface area contributed by atoms with Crippen molar-refractivity contribution >= 4 is 18.5 Å². The molecule has 2 aliphatic heterocycles. The Balaban J connectivity index is 1.87. The van der Waals surface area contributed by atoms with E-state index < -0.39 is 24.1 Å². The molecular weight excluding hydrogens is 320 g/mol. The molecule has 0 aliphatic carbocycles. The molecule has 0 N–H and O–H groups in total. The third-order valence-electron chi connectivity index (χ3n) is 5.80. The lowest BCUT2D eigenvalue weighted by molar-refractivity contribution is 0.00578. The fourth-order valence-corrected chi connectivity index (χ4v) is 3.36. The molecule has 0 bridgehead atoms. The van der Waals surface area contributed by atoms with Crippen molar-refractivity contribution < 1.29 is 18.5 Å². The Morgan fingerprint density at radius 1 is 1.08 bits per heavy atom. The summed E-state index contributed by atoms with van der Waals surface area (Å²) in [6, 6.07) is 3.33. The van der Waals surface area contributed by atoms with Gasteiger partial charge in [0.15, 0.2) is 0 Å². The van der Waals surface area contributed by atoms with Crippen molar-refractivity contribution in [2.75, 3.05) is 13.1 Å². The van der Waals surface area contributed by atoms with E-state index in [1.54, 1.807) is 19.1 Å². The van der Waals surface area contributed by atoms with Gasteiger partial charge in [-0.2, -0.15) is 0 Å². The Labute approximate surface area is 149 Å². The maximum Gasteiger partial charge on any atom is 0.497 e. The summed E-state index contributed by atoms with van der Waals surface area (Å²) in [7, 11) is -0.761. The topological polar surface area (TPSA) is 38.8 Å². The lowest BCUT2D eigenvalue weighted by Gasteiger charge is -2.32. The fourth-order valence-electron chi connectivity index (χ4n) is 3.36. The van der Waals surface area contributed by atoms with E-state index in [0.717, 1.165) is 32.4 Å². The van der Waals surface area contributed by atoms with Gasteiger partial charge in [0.25, 0.3) is 5.91 Å². The molecule has 0 unspecified atom stereocenters. The standard InChI is InChI=1S/C19H27BFNO3/c1-13-14(17(23)22-11-7-6-8-12-22)9-10-15(16(13)21)20-24-18(2,3)19(4,5)25-20/h9-10H,6-8,11-12H2,1-5H3. The Morgan fingerprint density at radius 2 is 1.64 bits per heavy atom. The molecule has 1 aromatic rings. The monoisotopic (exact) mass is 347 g/mol. The minimum atomic E-state index is -0.761. The van der Waals surface area contributed by atoms with Gasteiger partial charge in [0.05, 0.1) is 11.2 Å². The third kappa shape index (κ3) is 3.22. The summed E-state index contributed by atoms with van der Waals surface area (Å²) in [6.07, 6.45) is 3.18. The number of hydrogen-bond acceptors (Lipinski definition) is 3. The van der Waals surface area contributed by atoms with Crippen molar-refractivity contribution in [3.63, 3.8) is 0 Å². The predicted molar refractivity (Wildman–Crippen MR) is 96.6 cm³/mol. The number of amides is 1. The number of hydrogen-bond donors (Lipinski definition) is 0. The number of likely N-dealkylation sites (tertiary alicyclic amines) is 1. The van der Waals surface area contributed by atoms with Gasteiger partial charge in [0.2, 0.25) is 0 Å². The Hall–Kier alpha value is -1.40. The smallest absolute Gasteiger partial charge is 0.399 e. The second-order valence-electron chi connectivity index (χ2n) is 8.08. The molecule has 0 spiro atoms. The molecule has 3 rings (SSSR count). The largest absolute Gasteiger partial charge is 0.497 e. The van der Waals surface area contributed by atoms with E-state index in [1.807, 2.05) is 32.6 Å². The van der Waals surface area contributed by atoms with E-state index in [-0.39, 0.29) is 5.91 Å². The number of nitrogens with zero attached hydrogens (tertiary/aromatic N) is 1. The zero-order chi connectivity index (χ0) is 18.4. The number of carbonyl (C=O) groups excluding carboxylic acids is 1. The van der Waals surface area contributed by atoms with Crippen molar-refractivity contribution in [2.45, 2.75) is 65.1 Å². The minimum Gasteiger partial charge on any atom is -0.399 e. The Kier molecular flexibility index (Phi) is 4.71. The van der Waals surface area contributed by atoms with Gasteiger partial charge in [-0.25, -0.2) is 4.39 Å². The average molecular weight is 347 g/mol. The molecule has 136 valence electrons. The zero-order valence-electron chi connectivity index (χ0n) is 15.8. The van der Waals surface area contributed by atoms with Crippen molar-refractivity contribution in [1.29, 1.82) is 0 Å². The summed E-state index contributed by atoms with van der Waals surface area (Å²) in [5, 5.41) is 0.